The molecule has 1 aliphatic carbocycles. The van der Waals surface area contributed by atoms with Crippen molar-refractivity contribution in [2.45, 2.75) is 44.6 Å². The topological polar surface area (TPSA) is 38.0 Å². The van der Waals surface area contributed by atoms with Gasteiger partial charge in [-0.3, -0.25) is 0 Å². The van der Waals surface area contributed by atoms with Gasteiger partial charge in [-0.05, 0) is 49.8 Å². The first-order chi connectivity index (χ1) is 9.08. The zero-order chi connectivity index (χ0) is 13.9. The third-order valence-corrected chi connectivity index (χ3v) is 4.69. The van der Waals surface area contributed by atoms with Crippen LogP contribution < -0.4 is 11.1 Å². The van der Waals surface area contributed by atoms with Gasteiger partial charge in [0, 0.05) is 12.1 Å². The maximum absolute atomic E-state index is 13.3. The second kappa shape index (κ2) is 6.10. The van der Waals surface area contributed by atoms with E-state index in [4.69, 9.17) is 17.3 Å². The fraction of sp³-hybridized carbons (Fsp3) is 0.600. The molecule has 0 heterocycles. The number of benzene rings is 1. The van der Waals surface area contributed by atoms with Crippen LogP contribution in [0, 0.1) is 11.7 Å². The van der Waals surface area contributed by atoms with Crippen LogP contribution in [0.3, 0.4) is 0 Å². The molecule has 0 amide bonds. The number of nitrogens with two attached hydrogens (primary N) is 1. The van der Waals surface area contributed by atoms with Crippen LogP contribution in [0.15, 0.2) is 18.2 Å². The molecule has 0 saturated heterocycles. The number of hydrogen-bond acceptors (Lipinski definition) is 2. The van der Waals surface area contributed by atoms with Gasteiger partial charge in [-0.1, -0.05) is 24.9 Å². The highest BCUT2D eigenvalue weighted by atomic mass is 35.5. The maximum atomic E-state index is 13.3. The predicted molar refractivity (Wildman–Crippen MR) is 79.1 cm³/mol. The standard InChI is InChI=1S/C15H22ClFN2/c1-2-11-5-7-15(10-18,8-6-11)19-14-9-12(17)3-4-13(14)16/h3-4,9,11,19H,2,5-8,10,18H2,1H3. The van der Waals surface area contributed by atoms with Crippen molar-refractivity contribution in [3.05, 3.63) is 29.0 Å². The molecule has 3 N–H and O–H groups in total. The van der Waals surface area contributed by atoms with Crippen LogP contribution in [0.25, 0.3) is 0 Å². The SMILES string of the molecule is CCC1CCC(CN)(Nc2cc(F)ccc2Cl)CC1. The molecule has 4 heteroatoms. The monoisotopic (exact) mass is 284 g/mol. The van der Waals surface area contributed by atoms with E-state index in [1.54, 1.807) is 6.07 Å². The molecule has 1 aromatic rings. The van der Waals surface area contributed by atoms with E-state index in [1.165, 1.54) is 31.4 Å². The minimum Gasteiger partial charge on any atom is -0.377 e. The van der Waals surface area contributed by atoms with E-state index in [1.807, 2.05) is 0 Å². The largest absolute Gasteiger partial charge is 0.377 e. The molecule has 0 bridgehead atoms. The third kappa shape index (κ3) is 3.40. The Kier molecular flexibility index (Phi) is 4.69. The van der Waals surface area contributed by atoms with E-state index < -0.39 is 0 Å². The lowest BCUT2D eigenvalue weighted by molar-refractivity contribution is 0.253. The molecule has 0 aliphatic heterocycles. The summed E-state index contributed by atoms with van der Waals surface area (Å²) in [6.45, 7) is 2.78. The molecule has 19 heavy (non-hydrogen) atoms. The van der Waals surface area contributed by atoms with Crippen molar-refractivity contribution in [1.82, 2.24) is 0 Å². The van der Waals surface area contributed by atoms with Gasteiger partial charge >= 0.3 is 0 Å². The van der Waals surface area contributed by atoms with Crippen molar-refractivity contribution < 1.29 is 4.39 Å². The van der Waals surface area contributed by atoms with Gasteiger partial charge in [0.05, 0.1) is 10.7 Å². The third-order valence-electron chi connectivity index (χ3n) is 4.36. The summed E-state index contributed by atoms with van der Waals surface area (Å²) in [6, 6.07) is 4.41. The molecule has 0 unspecified atom stereocenters. The van der Waals surface area contributed by atoms with E-state index in [0.717, 1.165) is 18.8 Å². The number of anilines is 1. The molecule has 1 fully saturated rings. The molecule has 1 aliphatic rings. The number of rotatable bonds is 4. The van der Waals surface area contributed by atoms with Gasteiger partial charge < -0.3 is 11.1 Å². The molecule has 106 valence electrons. The minimum atomic E-state index is -0.277. The summed E-state index contributed by atoms with van der Waals surface area (Å²) < 4.78 is 13.3. The first-order valence-corrected chi connectivity index (χ1v) is 7.39. The van der Waals surface area contributed by atoms with Crippen LogP contribution in [0.4, 0.5) is 10.1 Å². The second-order valence-corrected chi connectivity index (χ2v) is 5.99. The highest BCUT2D eigenvalue weighted by molar-refractivity contribution is 6.33. The van der Waals surface area contributed by atoms with Crippen LogP contribution in [-0.2, 0) is 0 Å². The highest BCUT2D eigenvalue weighted by Gasteiger charge is 2.34. The Hall–Kier alpha value is -0.800. The van der Waals surface area contributed by atoms with Crippen molar-refractivity contribution in [1.29, 1.82) is 0 Å². The Morgan fingerprint density at radius 1 is 1.42 bits per heavy atom. The average molecular weight is 285 g/mol. The first kappa shape index (κ1) is 14.6. The van der Waals surface area contributed by atoms with Crippen molar-refractivity contribution in [3.8, 4) is 0 Å². The molecule has 0 spiro atoms. The first-order valence-electron chi connectivity index (χ1n) is 7.02. The van der Waals surface area contributed by atoms with Gasteiger partial charge in [0.15, 0.2) is 0 Å². The summed E-state index contributed by atoms with van der Waals surface area (Å²) >= 11 is 6.12. The average Bonchev–Trinajstić information content (AvgIpc) is 2.44. The van der Waals surface area contributed by atoms with Crippen LogP contribution in [-0.4, -0.2) is 12.1 Å². The quantitative estimate of drug-likeness (QED) is 0.870. The lowest BCUT2D eigenvalue weighted by Crippen LogP contribution is -2.48. The lowest BCUT2D eigenvalue weighted by atomic mass is 9.75. The zero-order valence-electron chi connectivity index (χ0n) is 11.4. The number of nitrogens with one attached hydrogen (secondary N) is 1. The van der Waals surface area contributed by atoms with Crippen molar-refractivity contribution in [2.24, 2.45) is 11.7 Å². The van der Waals surface area contributed by atoms with E-state index in [-0.39, 0.29) is 11.4 Å². The normalized spacial score (nSPS) is 27.3. The minimum absolute atomic E-state index is 0.136. The van der Waals surface area contributed by atoms with Gasteiger partial charge in [-0.25, -0.2) is 4.39 Å². The lowest BCUT2D eigenvalue weighted by Gasteiger charge is -2.41. The van der Waals surface area contributed by atoms with Crippen molar-refractivity contribution in [3.63, 3.8) is 0 Å². The van der Waals surface area contributed by atoms with E-state index in [0.29, 0.717) is 17.3 Å². The van der Waals surface area contributed by atoms with Gasteiger partial charge in [-0.2, -0.15) is 0 Å². The fourth-order valence-electron chi connectivity index (χ4n) is 2.90. The fourth-order valence-corrected chi connectivity index (χ4v) is 3.06. The maximum Gasteiger partial charge on any atom is 0.125 e. The predicted octanol–water partition coefficient (Wildman–Crippen LogP) is 4.19. The van der Waals surface area contributed by atoms with Gasteiger partial charge in [0.25, 0.3) is 0 Å². The van der Waals surface area contributed by atoms with Crippen molar-refractivity contribution >= 4 is 17.3 Å². The van der Waals surface area contributed by atoms with Gasteiger partial charge in [-0.15, -0.1) is 0 Å². The summed E-state index contributed by atoms with van der Waals surface area (Å²) in [4.78, 5) is 0. The van der Waals surface area contributed by atoms with Crippen LogP contribution in [0.2, 0.25) is 5.02 Å². The highest BCUT2D eigenvalue weighted by Crippen LogP contribution is 2.37. The summed E-state index contributed by atoms with van der Waals surface area (Å²) in [6.07, 6.45) is 5.62. The smallest absolute Gasteiger partial charge is 0.125 e. The van der Waals surface area contributed by atoms with E-state index in [2.05, 4.69) is 12.2 Å². The number of hydrogen-bond donors (Lipinski definition) is 2. The van der Waals surface area contributed by atoms with Crippen molar-refractivity contribution in [2.75, 3.05) is 11.9 Å². The van der Waals surface area contributed by atoms with Gasteiger partial charge in [0.1, 0.15) is 5.82 Å². The molecule has 0 radical (unpaired) electrons. The molecule has 0 atom stereocenters. The molecule has 1 saturated carbocycles. The van der Waals surface area contributed by atoms with Crippen LogP contribution in [0.1, 0.15) is 39.0 Å². The molecular formula is C15H22ClFN2. The van der Waals surface area contributed by atoms with E-state index in [9.17, 15) is 4.39 Å². The second-order valence-electron chi connectivity index (χ2n) is 5.59. The van der Waals surface area contributed by atoms with Crippen LogP contribution >= 0.6 is 11.6 Å². The summed E-state index contributed by atoms with van der Waals surface area (Å²) in [5.41, 5.74) is 6.48. The Morgan fingerprint density at radius 2 is 2.11 bits per heavy atom. The summed E-state index contributed by atoms with van der Waals surface area (Å²) in [5, 5.41) is 3.95. The molecule has 2 nitrogen and oxygen atoms in total. The molecule has 1 aromatic carbocycles. The molecule has 2 rings (SSSR count). The number of halogens is 2. The zero-order valence-corrected chi connectivity index (χ0v) is 12.1. The molecule has 0 aromatic heterocycles. The van der Waals surface area contributed by atoms with Crippen LogP contribution in [0.5, 0.6) is 0 Å². The Labute approximate surface area is 119 Å². The Balaban J connectivity index is 2.13. The Bertz CT molecular complexity index is 428. The Morgan fingerprint density at radius 3 is 2.68 bits per heavy atom. The summed E-state index contributed by atoms with van der Waals surface area (Å²) in [5.74, 6) is 0.519. The molecular weight excluding hydrogens is 263 g/mol. The van der Waals surface area contributed by atoms with Gasteiger partial charge in [0.2, 0.25) is 0 Å². The van der Waals surface area contributed by atoms with E-state index >= 15 is 0 Å². The summed E-state index contributed by atoms with van der Waals surface area (Å²) in [7, 11) is 0.